The van der Waals surface area contributed by atoms with Gasteiger partial charge in [0, 0.05) is 37.2 Å². The maximum atomic E-state index is 13.9. The molecule has 2 aromatic carbocycles. The molecule has 0 radical (unpaired) electrons. The van der Waals surface area contributed by atoms with Gasteiger partial charge in [-0.1, -0.05) is 54.6 Å². The van der Waals surface area contributed by atoms with Crippen LogP contribution in [0.15, 0.2) is 72.9 Å². The van der Waals surface area contributed by atoms with Crippen LogP contribution in [-0.4, -0.2) is 43.7 Å². The molecule has 2 aliphatic rings. The van der Waals surface area contributed by atoms with Crippen molar-refractivity contribution in [2.45, 2.75) is 12.0 Å². The van der Waals surface area contributed by atoms with Crippen LogP contribution < -0.4 is 10.3 Å². The van der Waals surface area contributed by atoms with Crippen LogP contribution in [0.5, 0.6) is 0 Å². The number of nitrogens with one attached hydrogen (secondary N) is 2. The predicted octanol–water partition coefficient (Wildman–Crippen LogP) is 3.72. The van der Waals surface area contributed by atoms with E-state index in [1.807, 2.05) is 47.5 Å². The number of amides is 1. The van der Waals surface area contributed by atoms with Gasteiger partial charge in [-0.25, -0.2) is 4.98 Å². The minimum absolute atomic E-state index is 0.0418. The zero-order chi connectivity index (χ0) is 21.9. The number of aromatic nitrogens is 1. The van der Waals surface area contributed by atoms with Crippen molar-refractivity contribution >= 4 is 17.5 Å². The lowest BCUT2D eigenvalue weighted by atomic mass is 9.83. The molecule has 1 aromatic heterocycles. The Balaban J connectivity index is 1.45. The minimum Gasteiger partial charge on any atom is -0.377 e. The molecule has 5 nitrogen and oxygen atoms in total. The molecule has 2 aliphatic heterocycles. The van der Waals surface area contributed by atoms with E-state index in [1.165, 1.54) is 5.56 Å². The van der Waals surface area contributed by atoms with Gasteiger partial charge in [-0.15, -0.1) is 0 Å². The Kier molecular flexibility index (Phi) is 6.21. The van der Waals surface area contributed by atoms with Crippen LogP contribution in [0, 0.1) is 5.92 Å². The summed E-state index contributed by atoms with van der Waals surface area (Å²) >= 11 is 6.06. The van der Waals surface area contributed by atoms with Crippen LogP contribution in [-0.2, 0) is 9.53 Å². The summed E-state index contributed by atoms with van der Waals surface area (Å²) in [6.07, 6.45) is 1.92. The summed E-state index contributed by atoms with van der Waals surface area (Å²) in [5.41, 5.74) is 4.52. The van der Waals surface area contributed by atoms with Gasteiger partial charge in [0.05, 0.1) is 25.2 Å². The van der Waals surface area contributed by atoms with Gasteiger partial charge in [0.15, 0.2) is 6.20 Å². The number of ether oxygens (including phenoxy) is 1. The van der Waals surface area contributed by atoms with Crippen molar-refractivity contribution in [2.24, 2.45) is 5.92 Å². The van der Waals surface area contributed by atoms with Crippen molar-refractivity contribution in [3.8, 4) is 11.1 Å². The molecule has 3 aromatic rings. The largest absolute Gasteiger partial charge is 0.377 e. The molecule has 0 saturated carbocycles. The third-order valence-electron chi connectivity index (χ3n) is 6.57. The highest BCUT2D eigenvalue weighted by molar-refractivity contribution is 6.28. The number of morpholine rings is 1. The highest BCUT2D eigenvalue weighted by atomic mass is 35.5. The molecule has 0 aliphatic carbocycles. The summed E-state index contributed by atoms with van der Waals surface area (Å²) in [6, 6.07) is 22.4. The second-order valence-electron chi connectivity index (χ2n) is 8.42. The Morgan fingerprint density at radius 3 is 2.66 bits per heavy atom. The molecular formula is C26H27ClN3O2+. The molecular weight excluding hydrogens is 422 g/mol. The maximum Gasteiger partial charge on any atom is 0.273 e. The number of halogens is 1. The summed E-state index contributed by atoms with van der Waals surface area (Å²) in [6.45, 7) is 3.21. The standard InChI is InChI=1S/C26H26ClN3O2/c27-25-11-10-19(14-29-25)20-8-4-5-9-21(20)22-15-28-16-23(22)26(31)30-12-13-32-17-24(30)18-6-2-1-3-7-18/h1-11,14,22-24,28H,12-13,15-17H2/p+1/t22-,23+,24+/m0/s1. The maximum absolute atomic E-state index is 13.9. The fourth-order valence-electron chi connectivity index (χ4n) is 4.95. The van der Waals surface area contributed by atoms with Crippen molar-refractivity contribution in [3.63, 3.8) is 0 Å². The number of benzene rings is 2. The molecule has 32 heavy (non-hydrogen) atoms. The highest BCUT2D eigenvalue weighted by Gasteiger charge is 2.40. The van der Waals surface area contributed by atoms with Crippen LogP contribution in [0.2, 0.25) is 5.15 Å². The molecule has 6 heteroatoms. The molecule has 3 heterocycles. The number of hydrogen-bond acceptors (Lipinski definition) is 3. The average Bonchev–Trinajstić information content (AvgIpc) is 3.34. The molecule has 5 rings (SSSR count). The molecule has 2 saturated heterocycles. The number of hydrogen-bond donors (Lipinski definition) is 1. The molecule has 0 spiro atoms. The van der Waals surface area contributed by atoms with Crippen molar-refractivity contribution in [1.82, 2.24) is 10.2 Å². The molecule has 0 unspecified atom stereocenters. The predicted molar refractivity (Wildman–Crippen MR) is 124 cm³/mol. The summed E-state index contributed by atoms with van der Waals surface area (Å²) < 4.78 is 5.75. The van der Waals surface area contributed by atoms with Crippen LogP contribution in [0.3, 0.4) is 0 Å². The summed E-state index contributed by atoms with van der Waals surface area (Å²) in [5, 5.41) is 4.07. The van der Waals surface area contributed by atoms with E-state index in [0.29, 0.717) is 31.5 Å². The molecule has 2 fully saturated rings. The highest BCUT2D eigenvalue weighted by Crippen LogP contribution is 2.37. The minimum atomic E-state index is -0.114. The van der Waals surface area contributed by atoms with E-state index in [9.17, 15) is 4.79 Å². The summed E-state index contributed by atoms with van der Waals surface area (Å²) in [4.78, 5) is 19.0. The van der Waals surface area contributed by atoms with Crippen LogP contribution in [0.1, 0.15) is 23.1 Å². The lowest BCUT2D eigenvalue weighted by Gasteiger charge is -2.38. The van der Waals surface area contributed by atoms with Crippen molar-refractivity contribution in [3.05, 3.63) is 89.2 Å². The van der Waals surface area contributed by atoms with E-state index in [1.54, 1.807) is 0 Å². The number of pyridine rings is 1. The molecule has 3 atom stereocenters. The molecule has 1 amide bonds. The first-order chi connectivity index (χ1) is 15.7. The Morgan fingerprint density at radius 2 is 1.84 bits per heavy atom. The Hall–Kier alpha value is -2.73. The first-order valence-corrected chi connectivity index (χ1v) is 11.5. The molecule has 164 valence electrons. The summed E-state index contributed by atoms with van der Waals surface area (Å²) in [5.74, 6) is 0.194. The zero-order valence-corrected chi connectivity index (χ0v) is 18.6. The van der Waals surface area contributed by atoms with E-state index in [0.717, 1.165) is 23.2 Å². The molecule has 0 bridgehead atoms. The van der Waals surface area contributed by atoms with Gasteiger partial charge in [0.2, 0.25) is 5.91 Å². The zero-order valence-electron chi connectivity index (χ0n) is 17.8. The fraction of sp³-hybridized carbons (Fsp3) is 0.308. The van der Waals surface area contributed by atoms with Gasteiger partial charge in [0.25, 0.3) is 5.15 Å². The molecule has 2 N–H and O–H groups in total. The van der Waals surface area contributed by atoms with Crippen molar-refractivity contribution < 1.29 is 14.5 Å². The Labute approximate surface area is 193 Å². The van der Waals surface area contributed by atoms with Gasteiger partial charge in [0.1, 0.15) is 0 Å². The number of rotatable bonds is 4. The first-order valence-electron chi connectivity index (χ1n) is 11.1. The second kappa shape index (κ2) is 9.41. The van der Waals surface area contributed by atoms with Gasteiger partial charge in [-0.2, -0.15) is 0 Å². The Morgan fingerprint density at radius 1 is 1.03 bits per heavy atom. The second-order valence-corrected chi connectivity index (χ2v) is 8.82. The van der Waals surface area contributed by atoms with E-state index in [4.69, 9.17) is 16.3 Å². The van der Waals surface area contributed by atoms with E-state index in [2.05, 4.69) is 40.6 Å². The van der Waals surface area contributed by atoms with Gasteiger partial charge < -0.3 is 15.0 Å². The van der Waals surface area contributed by atoms with E-state index >= 15 is 0 Å². The van der Waals surface area contributed by atoms with Crippen LogP contribution >= 0.6 is 11.6 Å². The lowest BCUT2D eigenvalue weighted by molar-refractivity contribution is -0.374. The van der Waals surface area contributed by atoms with Gasteiger partial charge in [-0.05, 0) is 34.4 Å². The third-order valence-corrected chi connectivity index (χ3v) is 6.81. The van der Waals surface area contributed by atoms with E-state index < -0.39 is 0 Å². The first kappa shape index (κ1) is 21.1. The number of nitrogens with zero attached hydrogens (tertiary/aromatic N) is 1. The number of H-pyrrole nitrogens is 1. The average molecular weight is 449 g/mol. The Bertz CT molecular complexity index is 1070. The lowest BCUT2D eigenvalue weighted by Crippen LogP contribution is -2.47. The van der Waals surface area contributed by atoms with Crippen molar-refractivity contribution in [2.75, 3.05) is 32.8 Å². The van der Waals surface area contributed by atoms with E-state index in [-0.39, 0.29) is 23.8 Å². The third kappa shape index (κ3) is 4.16. The quantitative estimate of drug-likeness (QED) is 0.619. The van der Waals surface area contributed by atoms with Gasteiger partial charge >= 0.3 is 0 Å². The SMILES string of the molecule is O=C([C@@H]1CNC[C@H]1c1ccccc1-c1ccc(Cl)[nH+]c1)N1CCOC[C@@H]1c1ccccc1. The van der Waals surface area contributed by atoms with Gasteiger partial charge in [-0.3, -0.25) is 4.79 Å². The topological polar surface area (TPSA) is 55.7 Å². The van der Waals surface area contributed by atoms with Crippen LogP contribution in [0.25, 0.3) is 11.1 Å². The number of carbonyl (C=O) groups excluding carboxylic acids is 1. The normalized spacial score (nSPS) is 23.3. The monoisotopic (exact) mass is 448 g/mol. The number of aromatic amines is 1. The fourth-order valence-corrected chi connectivity index (χ4v) is 5.07. The smallest absolute Gasteiger partial charge is 0.273 e. The summed E-state index contributed by atoms with van der Waals surface area (Å²) in [7, 11) is 0. The van der Waals surface area contributed by atoms with Crippen molar-refractivity contribution in [1.29, 1.82) is 0 Å². The number of carbonyl (C=O) groups is 1. The van der Waals surface area contributed by atoms with Crippen LogP contribution in [0.4, 0.5) is 0 Å².